The maximum Gasteiger partial charge on any atom is 0.410 e. The number of carbonyl (C=O) groups excluding carboxylic acids is 2. The quantitative estimate of drug-likeness (QED) is 0.128. The number of likely N-dealkylation sites (N-methyl/N-ethyl adjacent to an activating group) is 1. The lowest BCUT2D eigenvalue weighted by Crippen LogP contribution is -2.64. The number of carboxylic acid groups (broad SMARTS) is 1. The molecule has 0 saturated heterocycles. The van der Waals surface area contributed by atoms with Gasteiger partial charge in [-0.05, 0) is 145 Å². The molecule has 0 spiro atoms. The second-order valence-electron chi connectivity index (χ2n) is 22.3. The standard InChI is InChI=1S/C52H67N5O8/c1-34-39(24-53-57(34)33-51-28-49(8)27-50(9,29-51)31-52(30-49,32-51)63-23-22-55(10)46(61)65-48(5,6)7)37-17-19-42(54-43(37)45(60)64-47(2,3)4)56-21-20-36-40(25-56)38(44(58)59)16-18-41(36)62-26-35-14-12-11-13-15-35/h11-19,24H,20-23,25-33H2,1-10H3,(H,58,59). The first-order valence-corrected chi connectivity index (χ1v) is 23.1. The molecule has 4 aliphatic carbocycles. The summed E-state index contributed by atoms with van der Waals surface area (Å²) in [5.74, 6) is -0.332. The number of aromatic carboxylic acids is 1. The van der Waals surface area contributed by atoms with Crippen LogP contribution in [0.4, 0.5) is 10.6 Å². The normalized spacial score (nSPS) is 24.7. The van der Waals surface area contributed by atoms with Crippen molar-refractivity contribution in [1.82, 2.24) is 19.7 Å². The second kappa shape index (κ2) is 16.8. The molecule has 4 saturated carbocycles. The Bertz CT molecular complexity index is 2450. The number of carbonyl (C=O) groups is 3. The van der Waals surface area contributed by atoms with Crippen LogP contribution >= 0.6 is 0 Å². The molecule has 2 unspecified atom stereocenters. The van der Waals surface area contributed by atoms with Crippen LogP contribution in [0.5, 0.6) is 5.75 Å². The Balaban J connectivity index is 1.05. The molecule has 65 heavy (non-hydrogen) atoms. The van der Waals surface area contributed by atoms with Crippen LogP contribution in [-0.2, 0) is 40.3 Å². The van der Waals surface area contributed by atoms with E-state index in [1.54, 1.807) is 24.1 Å². The van der Waals surface area contributed by atoms with Gasteiger partial charge in [0.05, 0.1) is 24.0 Å². The molecule has 13 heteroatoms. The first-order valence-electron chi connectivity index (χ1n) is 23.1. The number of hydrogen-bond acceptors (Lipinski definition) is 10. The zero-order valence-corrected chi connectivity index (χ0v) is 40.0. The first-order chi connectivity index (χ1) is 30.5. The van der Waals surface area contributed by atoms with Crippen molar-refractivity contribution in [3.8, 4) is 16.9 Å². The molecule has 1 N–H and O–H groups in total. The summed E-state index contributed by atoms with van der Waals surface area (Å²) in [6.45, 7) is 20.8. The Morgan fingerprint density at radius 1 is 0.831 bits per heavy atom. The minimum absolute atomic E-state index is 0.0503. The van der Waals surface area contributed by atoms with E-state index in [2.05, 4.69) is 25.5 Å². The first kappa shape index (κ1) is 46.1. The highest BCUT2D eigenvalue weighted by Crippen LogP contribution is 2.72. The molecule has 5 aliphatic rings. The van der Waals surface area contributed by atoms with Crippen LogP contribution in [0.2, 0.25) is 0 Å². The maximum atomic E-state index is 14.1. The average Bonchev–Trinajstić information content (AvgIpc) is 3.54. The molecular weight excluding hydrogens is 823 g/mol. The summed E-state index contributed by atoms with van der Waals surface area (Å²) >= 11 is 0. The van der Waals surface area contributed by atoms with Gasteiger partial charge in [0.15, 0.2) is 5.69 Å². The monoisotopic (exact) mass is 889 g/mol. The molecule has 2 aromatic carbocycles. The molecule has 0 radical (unpaired) electrons. The van der Waals surface area contributed by atoms with Crippen molar-refractivity contribution in [3.63, 3.8) is 0 Å². The molecule has 3 heterocycles. The summed E-state index contributed by atoms with van der Waals surface area (Å²) in [5, 5.41) is 15.3. The number of amides is 1. The maximum absolute atomic E-state index is 14.1. The molecule has 2 aromatic heterocycles. The Labute approximate surface area is 383 Å². The van der Waals surface area contributed by atoms with E-state index in [0.29, 0.717) is 55.4 Å². The van der Waals surface area contributed by atoms with E-state index < -0.39 is 23.1 Å². The summed E-state index contributed by atoms with van der Waals surface area (Å²) in [7, 11) is 1.76. The van der Waals surface area contributed by atoms with Crippen molar-refractivity contribution in [2.75, 3.05) is 31.6 Å². The smallest absolute Gasteiger partial charge is 0.410 e. The van der Waals surface area contributed by atoms with E-state index in [9.17, 15) is 19.5 Å². The summed E-state index contributed by atoms with van der Waals surface area (Å²) < 4.78 is 26.9. The van der Waals surface area contributed by atoms with Gasteiger partial charge in [-0.15, -0.1) is 0 Å². The topological polar surface area (TPSA) is 146 Å². The van der Waals surface area contributed by atoms with Gasteiger partial charge < -0.3 is 33.9 Å². The van der Waals surface area contributed by atoms with Gasteiger partial charge in [0, 0.05) is 55.6 Å². The highest BCUT2D eigenvalue weighted by molar-refractivity contribution is 5.96. The van der Waals surface area contributed by atoms with Crippen molar-refractivity contribution >= 4 is 23.8 Å². The number of ether oxygens (including phenoxy) is 4. The van der Waals surface area contributed by atoms with Crippen molar-refractivity contribution < 1.29 is 38.4 Å². The Morgan fingerprint density at radius 2 is 1.52 bits per heavy atom. The second-order valence-corrected chi connectivity index (χ2v) is 22.3. The minimum atomic E-state index is -1.01. The number of carboxylic acids is 1. The SMILES string of the molecule is Cc1c(-c2ccc(N3CCc4c(OCc5ccccc5)ccc(C(=O)O)c4C3)nc2C(=O)OC(C)(C)C)cnn1CC12CC3(C)CC(C)(C1)CC(OCCN(C)C(=O)OC(C)(C)C)(C3)C2. The van der Waals surface area contributed by atoms with Crippen LogP contribution in [0.1, 0.15) is 137 Å². The molecule has 13 nitrogen and oxygen atoms in total. The van der Waals surface area contributed by atoms with Gasteiger partial charge in [-0.2, -0.15) is 5.10 Å². The number of benzene rings is 2. The van der Waals surface area contributed by atoms with Crippen molar-refractivity contribution in [1.29, 1.82) is 0 Å². The van der Waals surface area contributed by atoms with Gasteiger partial charge in [0.2, 0.25) is 0 Å². The van der Waals surface area contributed by atoms with Crippen LogP contribution in [-0.4, -0.2) is 86.3 Å². The van der Waals surface area contributed by atoms with E-state index in [-0.39, 0.29) is 45.7 Å². The third kappa shape index (κ3) is 9.90. The number of fused-ring (bicyclic) bond motifs is 1. The molecule has 4 bridgehead atoms. The molecule has 1 amide bonds. The third-order valence-corrected chi connectivity index (χ3v) is 13.7. The average molecular weight is 890 g/mol. The van der Waals surface area contributed by atoms with E-state index >= 15 is 0 Å². The molecule has 2 atom stereocenters. The Hall–Kier alpha value is -5.43. The van der Waals surface area contributed by atoms with Gasteiger partial charge in [-0.25, -0.2) is 19.4 Å². The molecule has 1 aliphatic heterocycles. The predicted molar refractivity (Wildman–Crippen MR) is 248 cm³/mol. The van der Waals surface area contributed by atoms with Crippen molar-refractivity contribution in [2.45, 2.75) is 144 Å². The van der Waals surface area contributed by atoms with Gasteiger partial charge in [0.25, 0.3) is 0 Å². The van der Waals surface area contributed by atoms with E-state index in [1.807, 2.05) is 95.1 Å². The molecule has 348 valence electrons. The fraction of sp³-hybridized carbons (Fsp3) is 0.558. The summed E-state index contributed by atoms with van der Waals surface area (Å²) in [6.07, 6.45) is 8.26. The van der Waals surface area contributed by atoms with Crippen molar-refractivity contribution in [2.24, 2.45) is 16.2 Å². The predicted octanol–water partition coefficient (Wildman–Crippen LogP) is 10.1. The molecule has 4 fully saturated rings. The number of hydrogen-bond donors (Lipinski definition) is 1. The largest absolute Gasteiger partial charge is 0.489 e. The Morgan fingerprint density at radius 3 is 2.18 bits per heavy atom. The molecule has 4 aromatic rings. The van der Waals surface area contributed by atoms with Gasteiger partial charge in [-0.1, -0.05) is 44.2 Å². The van der Waals surface area contributed by atoms with Gasteiger partial charge >= 0.3 is 18.0 Å². The van der Waals surface area contributed by atoms with Crippen LogP contribution in [0, 0.1) is 23.2 Å². The fourth-order valence-electron chi connectivity index (χ4n) is 12.4. The third-order valence-electron chi connectivity index (χ3n) is 13.7. The highest BCUT2D eigenvalue weighted by atomic mass is 16.6. The van der Waals surface area contributed by atoms with Crippen LogP contribution in [0.3, 0.4) is 0 Å². The number of pyridine rings is 1. The zero-order valence-electron chi connectivity index (χ0n) is 40.0. The number of rotatable bonds is 13. The van der Waals surface area contributed by atoms with E-state index in [1.165, 1.54) is 0 Å². The van der Waals surface area contributed by atoms with Crippen LogP contribution < -0.4 is 9.64 Å². The number of anilines is 1. The summed E-state index contributed by atoms with van der Waals surface area (Å²) in [6, 6.07) is 17.1. The lowest BCUT2D eigenvalue weighted by Gasteiger charge is -2.69. The van der Waals surface area contributed by atoms with Crippen LogP contribution in [0.15, 0.2) is 60.8 Å². The van der Waals surface area contributed by atoms with Crippen molar-refractivity contribution in [3.05, 3.63) is 94.4 Å². The lowest BCUT2D eigenvalue weighted by molar-refractivity contribution is -0.248. The number of nitrogens with zero attached hydrogens (tertiary/aromatic N) is 5. The van der Waals surface area contributed by atoms with E-state index in [4.69, 9.17) is 29.0 Å². The Kier molecular flexibility index (Phi) is 11.9. The zero-order chi connectivity index (χ0) is 46.7. The van der Waals surface area contributed by atoms with Gasteiger partial charge in [0.1, 0.15) is 29.4 Å². The lowest BCUT2D eigenvalue weighted by atomic mass is 9.39. The number of aromatic nitrogens is 3. The summed E-state index contributed by atoms with van der Waals surface area (Å²) in [4.78, 5) is 48.0. The summed E-state index contributed by atoms with van der Waals surface area (Å²) in [5.41, 5.74) is 3.89. The molecular formula is C52H67N5O8. The molecule has 9 rings (SSSR count). The highest BCUT2D eigenvalue weighted by Gasteiger charge is 2.66. The minimum Gasteiger partial charge on any atom is -0.489 e. The number of esters is 1. The fourth-order valence-corrected chi connectivity index (χ4v) is 12.4. The van der Waals surface area contributed by atoms with Gasteiger partial charge in [-0.3, -0.25) is 4.68 Å². The van der Waals surface area contributed by atoms with E-state index in [0.717, 1.165) is 67.5 Å². The van der Waals surface area contributed by atoms with Crippen LogP contribution in [0.25, 0.3) is 11.1 Å².